The van der Waals surface area contributed by atoms with Crippen LogP contribution in [0.25, 0.3) is 75.7 Å². The van der Waals surface area contributed by atoms with Gasteiger partial charge in [-0.25, -0.2) is 9.97 Å². The molecule has 38 heavy (non-hydrogen) atoms. The van der Waals surface area contributed by atoms with E-state index in [1.54, 1.807) is 22.7 Å². The van der Waals surface area contributed by atoms with Crippen molar-refractivity contribution < 1.29 is 0 Å². The van der Waals surface area contributed by atoms with E-state index >= 15 is 0 Å². The number of benzene rings is 4. The highest BCUT2D eigenvalue weighted by atomic mass is 32.1. The van der Waals surface area contributed by atoms with Crippen molar-refractivity contribution in [1.29, 1.82) is 0 Å². The lowest BCUT2D eigenvalue weighted by Crippen LogP contribution is -1.91. The van der Waals surface area contributed by atoms with Crippen LogP contribution in [0.3, 0.4) is 0 Å². The molecule has 0 N–H and O–H groups in total. The van der Waals surface area contributed by atoms with Crippen LogP contribution in [0.5, 0.6) is 0 Å². The molecule has 0 radical (unpaired) electrons. The molecule has 0 aliphatic carbocycles. The number of hydrogen-bond acceptors (Lipinski definition) is 6. The minimum Gasteiger partial charge on any atom is -0.263 e. The molecule has 4 aromatic carbocycles. The van der Waals surface area contributed by atoms with Crippen LogP contribution in [0.2, 0.25) is 0 Å². The summed E-state index contributed by atoms with van der Waals surface area (Å²) >= 11 is 3.26. The first kappa shape index (κ1) is 21.6. The number of nitrogens with zero attached hydrogens (tertiary/aromatic N) is 4. The van der Waals surface area contributed by atoms with Gasteiger partial charge in [-0.2, -0.15) is 0 Å². The van der Waals surface area contributed by atoms with Gasteiger partial charge in [0.15, 0.2) is 0 Å². The van der Waals surface area contributed by atoms with Crippen molar-refractivity contribution in [1.82, 2.24) is 19.9 Å². The highest BCUT2D eigenvalue weighted by molar-refractivity contribution is 7.13. The summed E-state index contributed by atoms with van der Waals surface area (Å²) < 4.78 is 0. The molecule has 0 fully saturated rings. The zero-order valence-electron chi connectivity index (χ0n) is 20.0. The Labute approximate surface area is 226 Å². The highest BCUT2D eigenvalue weighted by Gasteiger charge is 2.16. The molecule has 8 aromatic rings. The van der Waals surface area contributed by atoms with E-state index in [-0.39, 0.29) is 0 Å². The molecule has 0 bridgehead atoms. The van der Waals surface area contributed by atoms with Gasteiger partial charge in [0.25, 0.3) is 0 Å². The number of aromatic nitrogens is 4. The third-order valence-corrected chi connectivity index (χ3v) is 8.77. The molecule has 0 atom stereocenters. The second-order valence-electron chi connectivity index (χ2n) is 9.25. The monoisotopic (exact) mass is 522 g/mol. The van der Waals surface area contributed by atoms with Crippen LogP contribution in [-0.2, 0) is 0 Å². The van der Waals surface area contributed by atoms with E-state index in [1.807, 2.05) is 47.9 Å². The molecule has 0 aliphatic heterocycles. The Kier molecular flexibility index (Phi) is 4.83. The predicted molar refractivity (Wildman–Crippen MR) is 159 cm³/mol. The van der Waals surface area contributed by atoms with Gasteiger partial charge in [-0.15, -0.1) is 22.7 Å². The smallest absolute Gasteiger partial charge is 0.124 e. The normalized spacial score (nSPS) is 11.7. The summed E-state index contributed by atoms with van der Waals surface area (Å²) in [6.07, 6.45) is 11.3. The molecule has 4 nitrogen and oxygen atoms in total. The molecule has 8 rings (SSSR count). The molecule has 0 saturated carbocycles. The summed E-state index contributed by atoms with van der Waals surface area (Å²) in [6, 6.07) is 22.2. The molecule has 4 aromatic heterocycles. The molecule has 6 heteroatoms. The maximum absolute atomic E-state index is 4.56. The van der Waals surface area contributed by atoms with Crippen LogP contribution in [0.15, 0.2) is 109 Å². The Bertz CT molecular complexity index is 1930. The lowest BCUT2D eigenvalue weighted by atomic mass is 9.87. The first-order valence-corrected chi connectivity index (χ1v) is 14.0. The SMILES string of the molecule is c1csc(-c2cncc(-c3ccc4ccc5c(-c6cncc(-c7nccs7)c6)ccc6ccc3c4c65)c2)n1. The van der Waals surface area contributed by atoms with Crippen molar-refractivity contribution in [3.8, 4) is 43.4 Å². The van der Waals surface area contributed by atoms with Gasteiger partial charge in [0, 0.05) is 70.2 Å². The van der Waals surface area contributed by atoms with E-state index in [9.17, 15) is 0 Å². The summed E-state index contributed by atoms with van der Waals surface area (Å²) in [4.78, 5) is 18.1. The van der Waals surface area contributed by atoms with Gasteiger partial charge in [-0.05, 0) is 55.6 Å². The van der Waals surface area contributed by atoms with Gasteiger partial charge in [-0.1, -0.05) is 48.5 Å². The summed E-state index contributed by atoms with van der Waals surface area (Å²) in [6.45, 7) is 0. The summed E-state index contributed by atoms with van der Waals surface area (Å²) in [5.74, 6) is 0. The first-order valence-electron chi connectivity index (χ1n) is 12.2. The Balaban J connectivity index is 1.36. The molecule has 4 heterocycles. The van der Waals surface area contributed by atoms with Crippen LogP contribution < -0.4 is 0 Å². The maximum Gasteiger partial charge on any atom is 0.124 e. The fraction of sp³-hybridized carbons (Fsp3) is 0. The van der Waals surface area contributed by atoms with E-state index in [0.29, 0.717) is 0 Å². The molecule has 0 spiro atoms. The van der Waals surface area contributed by atoms with E-state index in [2.05, 4.69) is 80.6 Å². The van der Waals surface area contributed by atoms with Gasteiger partial charge in [0.05, 0.1) is 0 Å². The topological polar surface area (TPSA) is 51.6 Å². The molecule has 178 valence electrons. The van der Waals surface area contributed by atoms with E-state index < -0.39 is 0 Å². The van der Waals surface area contributed by atoms with Crippen LogP contribution >= 0.6 is 22.7 Å². The molecule has 0 aliphatic rings. The fourth-order valence-electron chi connectivity index (χ4n) is 5.44. The van der Waals surface area contributed by atoms with Crippen molar-refractivity contribution >= 4 is 55.0 Å². The third kappa shape index (κ3) is 3.35. The fourth-order valence-corrected chi connectivity index (χ4v) is 6.68. The lowest BCUT2D eigenvalue weighted by Gasteiger charge is -2.16. The number of pyridine rings is 2. The van der Waals surface area contributed by atoms with E-state index in [1.165, 1.54) is 43.4 Å². The summed E-state index contributed by atoms with van der Waals surface area (Å²) in [5, 5.41) is 13.4. The quantitative estimate of drug-likeness (QED) is 0.217. The predicted octanol–water partition coefficient (Wildman–Crippen LogP) is 8.95. The van der Waals surface area contributed by atoms with Crippen LogP contribution in [-0.4, -0.2) is 19.9 Å². The van der Waals surface area contributed by atoms with Gasteiger partial charge >= 0.3 is 0 Å². The van der Waals surface area contributed by atoms with Crippen LogP contribution in [0.1, 0.15) is 0 Å². The van der Waals surface area contributed by atoms with Crippen molar-refractivity contribution in [3.05, 3.63) is 109 Å². The number of rotatable bonds is 4. The zero-order chi connectivity index (χ0) is 25.1. The Morgan fingerprint density at radius 1 is 0.474 bits per heavy atom. The number of hydrogen-bond donors (Lipinski definition) is 0. The van der Waals surface area contributed by atoms with Gasteiger partial charge in [0.1, 0.15) is 10.0 Å². The van der Waals surface area contributed by atoms with Gasteiger partial charge in [0.2, 0.25) is 0 Å². The molecule has 0 unspecified atom stereocenters. The molecule has 0 amide bonds. The average molecular weight is 523 g/mol. The van der Waals surface area contributed by atoms with Gasteiger partial charge in [-0.3, -0.25) is 9.97 Å². The minimum absolute atomic E-state index is 0.982. The maximum atomic E-state index is 4.56. The largest absolute Gasteiger partial charge is 0.263 e. The van der Waals surface area contributed by atoms with Crippen molar-refractivity contribution in [2.75, 3.05) is 0 Å². The van der Waals surface area contributed by atoms with Gasteiger partial charge < -0.3 is 0 Å². The second-order valence-corrected chi connectivity index (χ2v) is 11.0. The Hall–Kier alpha value is -4.52. The third-order valence-electron chi connectivity index (χ3n) is 7.12. The molecular formula is C32H18N4S2. The van der Waals surface area contributed by atoms with Crippen LogP contribution in [0, 0.1) is 0 Å². The van der Waals surface area contributed by atoms with Crippen molar-refractivity contribution in [2.45, 2.75) is 0 Å². The average Bonchev–Trinajstić information content (AvgIpc) is 3.71. The zero-order valence-corrected chi connectivity index (χ0v) is 21.6. The number of thiazole rings is 2. The van der Waals surface area contributed by atoms with Crippen LogP contribution in [0.4, 0.5) is 0 Å². The standard InChI is InChI=1S/C32H18N4S2/c1-5-25(21-13-23(17-33-15-21)31-35-9-11-37-31)27-8-4-20-2-6-26(28-7-3-19(1)29(27)30(20)28)22-14-24(18-34-16-22)32-36-10-12-38-32/h1-18H. The van der Waals surface area contributed by atoms with Crippen molar-refractivity contribution in [2.24, 2.45) is 0 Å². The first-order chi connectivity index (χ1) is 18.8. The van der Waals surface area contributed by atoms with Crippen molar-refractivity contribution in [3.63, 3.8) is 0 Å². The minimum atomic E-state index is 0.982. The van der Waals surface area contributed by atoms with E-state index in [4.69, 9.17) is 0 Å². The van der Waals surface area contributed by atoms with E-state index in [0.717, 1.165) is 32.3 Å². The molecule has 0 saturated heterocycles. The second kappa shape index (κ2) is 8.52. The summed E-state index contributed by atoms with van der Waals surface area (Å²) in [5.41, 5.74) is 6.62. The lowest BCUT2D eigenvalue weighted by molar-refractivity contribution is 1.31. The molecular weight excluding hydrogens is 505 g/mol. The highest BCUT2D eigenvalue weighted by Crippen LogP contribution is 2.42. The Morgan fingerprint density at radius 2 is 0.921 bits per heavy atom. The summed E-state index contributed by atoms with van der Waals surface area (Å²) in [7, 11) is 0. The Morgan fingerprint density at radius 3 is 1.37 bits per heavy atom.